The summed E-state index contributed by atoms with van der Waals surface area (Å²) in [5.74, 6) is -7.30. The van der Waals surface area contributed by atoms with Crippen LogP contribution in [0.25, 0.3) is 0 Å². The second-order valence-corrected chi connectivity index (χ2v) is 5.29. The number of hydrogen-bond acceptors (Lipinski definition) is 14. The van der Waals surface area contributed by atoms with Crippen LogP contribution in [0.4, 0.5) is 0 Å². The lowest BCUT2D eigenvalue weighted by atomic mass is 10.2. The molecule has 0 aliphatic carbocycles. The van der Waals surface area contributed by atoms with Gasteiger partial charge in [0.05, 0.1) is 11.9 Å². The lowest BCUT2D eigenvalue weighted by molar-refractivity contribution is -0.161. The average molecular weight is 726 g/mol. The van der Waals surface area contributed by atoms with E-state index in [4.69, 9.17) is 78.6 Å². The average Bonchev–Trinajstić information content (AvgIpc) is 2.75. The molecule has 25 heteroatoms. The summed E-state index contributed by atoms with van der Waals surface area (Å²) < 4.78 is 4.92. The van der Waals surface area contributed by atoms with Crippen molar-refractivity contribution in [3.8, 4) is 0 Å². The van der Waals surface area contributed by atoms with Gasteiger partial charge in [0.2, 0.25) is 16.6 Å². The first-order valence-corrected chi connectivity index (χ1v) is 8.88. The van der Waals surface area contributed by atoms with E-state index in [9.17, 15) is 19.2 Å². The molecule has 0 atom stereocenters. The zero-order chi connectivity index (χ0) is 28.1. The van der Waals surface area contributed by atoms with Gasteiger partial charge in [-0.2, -0.15) is 0 Å². The van der Waals surface area contributed by atoms with Gasteiger partial charge >= 0.3 is 13.2 Å². The molecule has 0 aromatic carbocycles. The maximum Gasteiger partial charge on any atom is 1.00 e. The van der Waals surface area contributed by atoms with E-state index in [-0.39, 0.29) is 63.0 Å². The van der Waals surface area contributed by atoms with Crippen molar-refractivity contribution in [3.63, 3.8) is 0 Å². The number of ketones is 3. The summed E-state index contributed by atoms with van der Waals surface area (Å²) in [4.78, 5) is 53.7. The Morgan fingerprint density at radius 2 is 1.16 bits per heavy atom. The van der Waals surface area contributed by atoms with Crippen molar-refractivity contribution < 1.29 is 95.0 Å². The molecule has 0 bridgehead atoms. The quantitative estimate of drug-likeness (QED) is 0.0322. The molecule has 18 nitrogen and oxygen atoms in total. The summed E-state index contributed by atoms with van der Waals surface area (Å²) >= 11 is 13.3. The van der Waals surface area contributed by atoms with Gasteiger partial charge in [-0.25, -0.2) is 4.79 Å². The van der Waals surface area contributed by atoms with Gasteiger partial charge in [0.1, 0.15) is 12.9 Å². The molecule has 242 valence electrons. The van der Waals surface area contributed by atoms with Gasteiger partial charge in [0.25, 0.3) is 5.78 Å². The van der Waals surface area contributed by atoms with E-state index in [1.54, 1.807) is 6.92 Å². The number of alkyl halides is 2. The van der Waals surface area contributed by atoms with E-state index in [1.165, 1.54) is 6.92 Å². The summed E-state index contributed by atoms with van der Waals surface area (Å²) in [6, 6.07) is 0. The highest BCUT2D eigenvalue weighted by Gasteiger charge is 2.26. The molecule has 0 aromatic rings. The summed E-state index contributed by atoms with van der Waals surface area (Å²) in [7, 11) is 8.22. The predicted octanol–water partition coefficient (Wildman–Crippen LogP) is -4.57. The van der Waals surface area contributed by atoms with Gasteiger partial charge < -0.3 is 69.7 Å². The Morgan fingerprint density at radius 1 is 0.947 bits per heavy atom. The van der Waals surface area contributed by atoms with Crippen LogP contribution in [-0.2, 0) is 19.2 Å². The summed E-state index contributed by atoms with van der Waals surface area (Å²) in [6.07, 6.45) is -2.30. The Hall–Kier alpha value is -0.910. The summed E-state index contributed by atoms with van der Waals surface area (Å²) in [5.41, 5.74) is 0. The van der Waals surface area contributed by atoms with Crippen molar-refractivity contribution in [3.05, 3.63) is 22.0 Å². The Kier molecular flexibility index (Phi) is 143. The van der Waals surface area contributed by atoms with Crippen LogP contribution in [0.15, 0.2) is 12.0 Å². The fourth-order valence-electron chi connectivity index (χ4n) is 0.376. The van der Waals surface area contributed by atoms with Crippen LogP contribution in [0.5, 0.6) is 0 Å². The summed E-state index contributed by atoms with van der Waals surface area (Å²) in [5, 5.41) is 63.4. The Balaban J connectivity index is -0.0000000165. The van der Waals surface area contributed by atoms with Gasteiger partial charge in [0, 0.05) is 38.2 Å². The number of carboxylic acids is 1. The molecule has 0 spiro atoms. The second-order valence-electron chi connectivity index (χ2n) is 3.63. The molecule has 0 heterocycles. The molecule has 0 radical (unpaired) electrons. The minimum absolute atomic E-state index is 0. The minimum Gasteiger partial charge on any atom is -1.00 e. The fourth-order valence-corrected chi connectivity index (χ4v) is 0.376. The predicted molar refractivity (Wildman–Crippen MR) is 139 cm³/mol. The third-order valence-corrected chi connectivity index (χ3v) is 1.20. The number of carbonyl (C=O) groups is 4. The third-order valence-electron chi connectivity index (χ3n) is 1.20. The highest BCUT2D eigenvalue weighted by Crippen LogP contribution is 2.12. The molecule has 0 aliphatic rings. The van der Waals surface area contributed by atoms with E-state index < -0.39 is 46.5 Å². The van der Waals surface area contributed by atoms with E-state index >= 15 is 0 Å². The number of carboxylic acid groups (broad SMARTS) is 1. The zero-order valence-electron chi connectivity index (χ0n) is 19.2. The van der Waals surface area contributed by atoms with Crippen LogP contribution >= 0.6 is 69.2 Å². The molecule has 38 heavy (non-hydrogen) atoms. The van der Waals surface area contributed by atoms with E-state index in [2.05, 4.69) is 33.6 Å². The molecule has 0 aliphatic heterocycles. The topological polar surface area (TPSA) is 379 Å². The Labute approximate surface area is 254 Å². The number of Topliss-reactive ketones (excluding diaryl/α,β-unsaturated/α-hetero) is 3. The SMILES string of the molecule is C.CC(O)(Cl)Cl.CCO.Cl.ClCl.O.O.O.O=C(CO)C(O)=CO.O=C(O)C(=O)C(=O)C(O)O.O=O.OCl.[Cl-].[H+]. The van der Waals surface area contributed by atoms with Gasteiger partial charge in [0.15, 0.2) is 5.76 Å². The van der Waals surface area contributed by atoms with Gasteiger partial charge in [-0.3, -0.25) is 19.0 Å². The van der Waals surface area contributed by atoms with Crippen molar-refractivity contribution in [2.45, 2.75) is 32.1 Å². The lowest BCUT2D eigenvalue weighted by Gasteiger charge is -1.97. The van der Waals surface area contributed by atoms with Crippen LogP contribution in [0.2, 0.25) is 0 Å². The second kappa shape index (κ2) is 65.3. The van der Waals surface area contributed by atoms with E-state index in [0.29, 0.717) is 0 Å². The third kappa shape index (κ3) is 112. The maximum atomic E-state index is 10.1. The fraction of sp³-hybridized carbons (Fsp3) is 0.538. The molecule has 0 amide bonds. The standard InChI is InChI=1S/C4H4O6.C4H6O4.C2H4Cl2O.C2H6O.CH4.Cl2.ClHO.2ClH.O2.3H2O/c5-1(3(7)8)2(6)4(9)10;5-1-3(7)4(8)2-6;1-2(3,4)5;1-2-3;;2*1-2;;;1-2;;;/h3,7-8H,(H,9,10);1,5-7H,2H2;5H,1H3;3H,2H2,1H3;1H4;;2H;2*1H;;3*1H2. The van der Waals surface area contributed by atoms with Crippen molar-refractivity contribution >= 4 is 92.5 Å². The molecule has 0 unspecified atom stereocenters. The van der Waals surface area contributed by atoms with Gasteiger partial charge in [-0.15, -0.1) is 12.4 Å². The van der Waals surface area contributed by atoms with Crippen molar-refractivity contribution in [1.82, 2.24) is 0 Å². The molecule has 0 saturated carbocycles. The number of aliphatic hydroxyl groups is 7. The molecule has 0 fully saturated rings. The largest absolute Gasteiger partial charge is 1.00 e. The van der Waals surface area contributed by atoms with Crippen LogP contribution < -0.4 is 12.4 Å². The van der Waals surface area contributed by atoms with Crippen LogP contribution in [0.3, 0.4) is 0 Å². The highest BCUT2D eigenvalue weighted by molar-refractivity contribution is 6.85. The van der Waals surface area contributed by atoms with Crippen LogP contribution in [0.1, 0.15) is 22.7 Å². The number of carbonyl (C=O) groups excluding carboxylic acids is 3. The number of aliphatic hydroxyl groups excluding tert-OH is 5. The highest BCUT2D eigenvalue weighted by atomic mass is 36.5. The lowest BCUT2D eigenvalue weighted by Crippen LogP contribution is -3.00. The van der Waals surface area contributed by atoms with Crippen molar-refractivity contribution in [2.75, 3.05) is 13.2 Å². The number of halogens is 7. The molecule has 0 aromatic heterocycles. The molecular formula is C13H33Cl7O18. The maximum absolute atomic E-state index is 10.1. The molecule has 15 N–H and O–H groups in total. The first kappa shape index (κ1) is 83.2. The minimum atomic E-state index is -2.54. The number of aliphatic carboxylic acids is 1. The smallest absolute Gasteiger partial charge is 1.00 e. The van der Waals surface area contributed by atoms with Crippen molar-refractivity contribution in [2.24, 2.45) is 0 Å². The van der Waals surface area contributed by atoms with E-state index in [1.807, 2.05) is 0 Å². The Bertz CT molecular complexity index is 504. The first-order chi connectivity index (χ1) is 14.6. The van der Waals surface area contributed by atoms with Gasteiger partial charge in [-0.1, -0.05) is 30.6 Å². The first-order valence-electron chi connectivity index (χ1n) is 6.64. The normalized spacial score (nSPS) is 7.37. The zero-order valence-corrected chi connectivity index (χ0v) is 23.6. The van der Waals surface area contributed by atoms with Crippen LogP contribution in [-0.4, -0.2) is 109 Å². The number of rotatable bonds is 5. The number of hydrogen-bond donors (Lipinski definition) is 9. The summed E-state index contributed by atoms with van der Waals surface area (Å²) in [6.45, 7) is 2.42. The molecular weight excluding hydrogens is 692 g/mol. The van der Waals surface area contributed by atoms with Crippen molar-refractivity contribution in [1.29, 1.82) is 0 Å². The molecule has 0 rings (SSSR count). The monoisotopic (exact) mass is 722 g/mol. The van der Waals surface area contributed by atoms with E-state index in [0.717, 1.165) is 0 Å². The Morgan fingerprint density at radius 3 is 1.21 bits per heavy atom. The van der Waals surface area contributed by atoms with Crippen LogP contribution in [0, 0.1) is 9.93 Å². The molecule has 0 saturated heterocycles. The van der Waals surface area contributed by atoms with Gasteiger partial charge in [-0.05, 0) is 13.8 Å².